The first-order valence-corrected chi connectivity index (χ1v) is 6.82. The minimum Gasteiger partial charge on any atom is -0.489 e. The minimum absolute atomic E-state index is 0.561. The summed E-state index contributed by atoms with van der Waals surface area (Å²) in [5.74, 6) is 0.842. The van der Waals surface area contributed by atoms with E-state index in [-0.39, 0.29) is 0 Å². The van der Waals surface area contributed by atoms with Gasteiger partial charge in [0, 0.05) is 22.1 Å². The van der Waals surface area contributed by atoms with Gasteiger partial charge in [0.15, 0.2) is 0 Å². The lowest BCUT2D eigenvalue weighted by atomic mass is 10.2. The smallest absolute Gasteiger partial charge is 0.122 e. The monoisotopic (exact) mass is 313 g/mol. The molecule has 0 saturated carbocycles. The van der Waals surface area contributed by atoms with E-state index in [4.69, 9.17) is 4.74 Å². The fraction of sp³-hybridized carbons (Fsp3) is 0.0625. The Balaban J connectivity index is 1.76. The lowest BCUT2D eigenvalue weighted by Crippen LogP contribution is -1.95. The van der Waals surface area contributed by atoms with Crippen molar-refractivity contribution >= 4 is 26.8 Å². The van der Waals surface area contributed by atoms with E-state index in [1.807, 2.05) is 54.6 Å². The molecule has 0 saturated heterocycles. The zero-order valence-corrected chi connectivity index (χ0v) is 11.8. The molecule has 0 fully saturated rings. The predicted molar refractivity (Wildman–Crippen MR) is 80.2 cm³/mol. The minimum atomic E-state index is 0.561. The number of rotatable bonds is 3. The zero-order valence-electron chi connectivity index (χ0n) is 10.2. The normalized spacial score (nSPS) is 10.6. The van der Waals surface area contributed by atoms with Gasteiger partial charge in [0.25, 0.3) is 0 Å². The Hall–Kier alpha value is -1.87. The molecule has 94 valence electrons. The van der Waals surface area contributed by atoms with Crippen LogP contribution in [0.1, 0.15) is 5.56 Å². The molecule has 0 bridgehead atoms. The van der Waals surface area contributed by atoms with Gasteiger partial charge in [0.2, 0.25) is 0 Å². The molecule has 1 aromatic heterocycles. The second-order valence-electron chi connectivity index (χ2n) is 4.27. The van der Waals surface area contributed by atoms with Crippen LogP contribution in [-0.4, -0.2) is 4.98 Å². The number of pyridine rings is 1. The van der Waals surface area contributed by atoms with E-state index >= 15 is 0 Å². The number of halogens is 1. The summed E-state index contributed by atoms with van der Waals surface area (Å²) in [5, 5.41) is 1.12. The van der Waals surface area contributed by atoms with Crippen LogP contribution in [0.4, 0.5) is 0 Å². The molecule has 0 N–H and O–H groups in total. The molecule has 0 aliphatic heterocycles. The van der Waals surface area contributed by atoms with Crippen molar-refractivity contribution in [1.82, 2.24) is 4.98 Å². The summed E-state index contributed by atoms with van der Waals surface area (Å²) in [7, 11) is 0. The molecule has 2 nitrogen and oxygen atoms in total. The van der Waals surface area contributed by atoms with E-state index in [0.717, 1.165) is 26.7 Å². The summed E-state index contributed by atoms with van der Waals surface area (Å²) in [5.41, 5.74) is 2.10. The number of nitrogens with zero attached hydrogens (tertiary/aromatic N) is 1. The van der Waals surface area contributed by atoms with Crippen molar-refractivity contribution in [3.8, 4) is 5.75 Å². The van der Waals surface area contributed by atoms with Crippen LogP contribution in [0.3, 0.4) is 0 Å². The Labute approximate surface area is 120 Å². The molecular formula is C16H12BrNO. The average Bonchev–Trinajstić information content (AvgIpc) is 2.46. The van der Waals surface area contributed by atoms with Crippen molar-refractivity contribution in [3.63, 3.8) is 0 Å². The van der Waals surface area contributed by atoms with Crippen LogP contribution >= 0.6 is 15.9 Å². The first-order chi connectivity index (χ1) is 9.31. The summed E-state index contributed by atoms with van der Waals surface area (Å²) in [4.78, 5) is 4.32. The lowest BCUT2D eigenvalue weighted by molar-refractivity contribution is 0.306. The number of benzene rings is 2. The third-order valence-corrected chi connectivity index (χ3v) is 3.42. The largest absolute Gasteiger partial charge is 0.489 e. The van der Waals surface area contributed by atoms with Gasteiger partial charge < -0.3 is 4.74 Å². The fourth-order valence-corrected chi connectivity index (χ4v) is 2.15. The van der Waals surface area contributed by atoms with Crippen LogP contribution in [0.5, 0.6) is 5.75 Å². The van der Waals surface area contributed by atoms with E-state index in [0.29, 0.717) is 6.61 Å². The lowest BCUT2D eigenvalue weighted by Gasteiger charge is -2.07. The Morgan fingerprint density at radius 3 is 2.68 bits per heavy atom. The zero-order chi connectivity index (χ0) is 13.1. The van der Waals surface area contributed by atoms with Crippen molar-refractivity contribution in [2.24, 2.45) is 0 Å². The molecule has 3 rings (SSSR count). The van der Waals surface area contributed by atoms with Crippen molar-refractivity contribution < 1.29 is 4.74 Å². The first kappa shape index (κ1) is 12.2. The Morgan fingerprint density at radius 1 is 1.00 bits per heavy atom. The van der Waals surface area contributed by atoms with Crippen LogP contribution in [0.25, 0.3) is 10.9 Å². The molecule has 0 radical (unpaired) electrons. The van der Waals surface area contributed by atoms with Crippen LogP contribution in [-0.2, 0) is 6.61 Å². The van der Waals surface area contributed by atoms with Gasteiger partial charge in [-0.1, -0.05) is 34.1 Å². The van der Waals surface area contributed by atoms with E-state index in [9.17, 15) is 0 Å². The van der Waals surface area contributed by atoms with Crippen molar-refractivity contribution in [2.75, 3.05) is 0 Å². The molecule has 0 amide bonds. The molecule has 0 aliphatic rings. The molecule has 19 heavy (non-hydrogen) atoms. The van der Waals surface area contributed by atoms with E-state index in [1.165, 1.54) is 0 Å². The average molecular weight is 314 g/mol. The fourth-order valence-electron chi connectivity index (χ4n) is 1.88. The molecule has 0 unspecified atom stereocenters. The molecule has 0 spiro atoms. The Kier molecular flexibility index (Phi) is 3.47. The maximum Gasteiger partial charge on any atom is 0.122 e. The maximum absolute atomic E-state index is 5.78. The van der Waals surface area contributed by atoms with Gasteiger partial charge in [0.05, 0.1) is 5.52 Å². The van der Waals surface area contributed by atoms with Gasteiger partial charge in [-0.3, -0.25) is 4.98 Å². The van der Waals surface area contributed by atoms with Gasteiger partial charge in [0.1, 0.15) is 12.4 Å². The summed E-state index contributed by atoms with van der Waals surface area (Å²) in [6, 6.07) is 18.1. The SMILES string of the molecule is Brc1ccc(COc2ccc3cccnc3c2)cc1. The van der Waals surface area contributed by atoms with Crippen LogP contribution in [0.2, 0.25) is 0 Å². The highest BCUT2D eigenvalue weighted by Crippen LogP contribution is 2.20. The molecule has 1 heterocycles. The summed E-state index contributed by atoms with van der Waals surface area (Å²) < 4.78 is 6.86. The summed E-state index contributed by atoms with van der Waals surface area (Å²) in [6.07, 6.45) is 1.79. The maximum atomic E-state index is 5.78. The molecule has 2 aromatic carbocycles. The van der Waals surface area contributed by atoms with Gasteiger partial charge in [-0.25, -0.2) is 0 Å². The van der Waals surface area contributed by atoms with Crippen molar-refractivity contribution in [1.29, 1.82) is 0 Å². The highest BCUT2D eigenvalue weighted by atomic mass is 79.9. The number of hydrogen-bond donors (Lipinski definition) is 0. The third-order valence-electron chi connectivity index (χ3n) is 2.90. The van der Waals surface area contributed by atoms with Gasteiger partial charge >= 0.3 is 0 Å². The molecular weight excluding hydrogens is 302 g/mol. The second kappa shape index (κ2) is 5.41. The van der Waals surface area contributed by atoms with Gasteiger partial charge in [-0.15, -0.1) is 0 Å². The quantitative estimate of drug-likeness (QED) is 0.706. The predicted octanol–water partition coefficient (Wildman–Crippen LogP) is 4.58. The highest BCUT2D eigenvalue weighted by Gasteiger charge is 1.99. The van der Waals surface area contributed by atoms with Crippen molar-refractivity contribution in [2.45, 2.75) is 6.61 Å². The van der Waals surface area contributed by atoms with E-state index < -0.39 is 0 Å². The van der Waals surface area contributed by atoms with Crippen LogP contribution in [0, 0.1) is 0 Å². The number of aromatic nitrogens is 1. The Bertz CT molecular complexity index is 694. The molecule has 3 aromatic rings. The van der Waals surface area contributed by atoms with Gasteiger partial charge in [-0.05, 0) is 35.9 Å². The Morgan fingerprint density at radius 2 is 1.84 bits per heavy atom. The molecule has 0 aliphatic carbocycles. The summed E-state index contributed by atoms with van der Waals surface area (Å²) in [6.45, 7) is 0.561. The van der Waals surface area contributed by atoms with Crippen LogP contribution in [0.15, 0.2) is 65.3 Å². The highest BCUT2D eigenvalue weighted by molar-refractivity contribution is 9.10. The first-order valence-electron chi connectivity index (χ1n) is 6.03. The van der Waals surface area contributed by atoms with Gasteiger partial charge in [-0.2, -0.15) is 0 Å². The number of fused-ring (bicyclic) bond motifs is 1. The third kappa shape index (κ3) is 2.93. The van der Waals surface area contributed by atoms with Crippen LogP contribution < -0.4 is 4.74 Å². The standard InChI is InChI=1S/C16H12BrNO/c17-14-6-3-12(4-7-14)11-19-15-8-5-13-2-1-9-18-16(13)10-15/h1-10H,11H2. The van der Waals surface area contributed by atoms with E-state index in [2.05, 4.69) is 20.9 Å². The summed E-state index contributed by atoms with van der Waals surface area (Å²) >= 11 is 3.42. The topological polar surface area (TPSA) is 22.1 Å². The molecule has 0 atom stereocenters. The second-order valence-corrected chi connectivity index (χ2v) is 5.19. The van der Waals surface area contributed by atoms with E-state index in [1.54, 1.807) is 6.20 Å². The number of ether oxygens (including phenoxy) is 1. The molecule has 3 heteroatoms. The number of hydrogen-bond acceptors (Lipinski definition) is 2. The van der Waals surface area contributed by atoms with Crippen molar-refractivity contribution in [3.05, 3.63) is 70.8 Å².